The Hall–Kier alpha value is -0.410. The topological polar surface area (TPSA) is 55.1 Å². The highest BCUT2D eigenvalue weighted by Gasteiger charge is 2.27. The molecule has 0 atom stereocenters. The Morgan fingerprint density at radius 3 is 2.14 bits per heavy atom. The molecule has 0 aromatic carbocycles. The van der Waals surface area contributed by atoms with Crippen molar-refractivity contribution >= 4 is 5.78 Å². The van der Waals surface area contributed by atoms with Crippen molar-refractivity contribution in [3.63, 3.8) is 0 Å². The Morgan fingerprint density at radius 2 is 1.79 bits per heavy atom. The fourth-order valence-electron chi connectivity index (χ4n) is 1.07. The molecule has 0 spiro atoms. The predicted octanol–water partition coefficient (Wildman–Crippen LogP) is 1.32. The van der Waals surface area contributed by atoms with Crippen LogP contribution in [0.4, 0.5) is 0 Å². The molecule has 0 aliphatic carbocycles. The van der Waals surface area contributed by atoms with Crippen LogP contribution in [0.5, 0.6) is 0 Å². The summed E-state index contributed by atoms with van der Waals surface area (Å²) < 4.78 is 0. The monoisotopic (exact) mass is 200 g/mol. The molecule has 0 aliphatic heterocycles. The van der Waals surface area contributed by atoms with E-state index < -0.39 is 5.54 Å². The van der Waals surface area contributed by atoms with Crippen molar-refractivity contribution in [1.29, 1.82) is 0 Å². The molecule has 0 saturated heterocycles. The quantitative estimate of drug-likeness (QED) is 0.680. The number of rotatable bonds is 6. The van der Waals surface area contributed by atoms with E-state index in [1.165, 1.54) is 0 Å². The highest BCUT2D eigenvalue weighted by Crippen LogP contribution is 2.14. The summed E-state index contributed by atoms with van der Waals surface area (Å²) in [5.41, 5.74) is 5.24. The summed E-state index contributed by atoms with van der Waals surface area (Å²) in [5.74, 6) is 0.241. The Bertz CT molecular complexity index is 197. The first-order chi connectivity index (χ1) is 6.25. The zero-order chi connectivity index (χ0) is 11.4. The minimum absolute atomic E-state index is 0.0469. The molecule has 3 N–H and O–H groups in total. The van der Waals surface area contributed by atoms with E-state index in [-0.39, 0.29) is 11.2 Å². The van der Waals surface area contributed by atoms with Crippen molar-refractivity contribution in [3.8, 4) is 0 Å². The summed E-state index contributed by atoms with van der Waals surface area (Å²) in [6.07, 6.45) is 0.572. The lowest BCUT2D eigenvalue weighted by atomic mass is 9.90. The lowest BCUT2D eigenvalue weighted by Gasteiger charge is -2.30. The number of nitrogens with one attached hydrogen (secondary N) is 1. The number of ketones is 1. The van der Waals surface area contributed by atoms with Gasteiger partial charge in [-0.05, 0) is 25.8 Å². The molecule has 84 valence electrons. The van der Waals surface area contributed by atoms with Gasteiger partial charge in [-0.3, -0.25) is 4.79 Å². The number of carbonyl (C=O) groups is 1. The Kier molecular flexibility index (Phi) is 4.75. The van der Waals surface area contributed by atoms with Crippen molar-refractivity contribution in [2.75, 3.05) is 13.1 Å². The molecule has 0 aromatic rings. The minimum Gasteiger partial charge on any atom is -0.330 e. The standard InChI is InChI=1S/C11H24N2O/c1-6-9(14)11(4,5)13-8-10(2,3)7-12/h13H,6-8,12H2,1-5H3. The molecule has 0 saturated carbocycles. The van der Waals surface area contributed by atoms with Crippen LogP contribution in [0.25, 0.3) is 0 Å². The Labute approximate surface area is 87.4 Å². The molecule has 14 heavy (non-hydrogen) atoms. The normalized spacial score (nSPS) is 13.0. The van der Waals surface area contributed by atoms with Crippen LogP contribution in [0.1, 0.15) is 41.0 Å². The Balaban J connectivity index is 4.18. The van der Waals surface area contributed by atoms with Gasteiger partial charge in [0.25, 0.3) is 0 Å². The molecule has 0 bridgehead atoms. The predicted molar refractivity (Wildman–Crippen MR) is 60.2 cm³/mol. The third-order valence-corrected chi connectivity index (χ3v) is 2.58. The van der Waals surface area contributed by atoms with E-state index in [0.29, 0.717) is 13.0 Å². The van der Waals surface area contributed by atoms with Gasteiger partial charge < -0.3 is 11.1 Å². The molecule has 0 unspecified atom stereocenters. The highest BCUT2D eigenvalue weighted by atomic mass is 16.1. The summed E-state index contributed by atoms with van der Waals surface area (Å²) in [7, 11) is 0. The fraction of sp³-hybridized carbons (Fsp3) is 0.909. The van der Waals surface area contributed by atoms with Crippen LogP contribution < -0.4 is 11.1 Å². The first kappa shape index (κ1) is 13.6. The molecule has 0 heterocycles. The van der Waals surface area contributed by atoms with Crippen molar-refractivity contribution in [2.24, 2.45) is 11.1 Å². The molecule has 0 aromatic heterocycles. The number of carbonyl (C=O) groups excluding carboxylic acids is 1. The van der Waals surface area contributed by atoms with Crippen LogP contribution in [0, 0.1) is 5.41 Å². The van der Waals surface area contributed by atoms with Gasteiger partial charge in [0.1, 0.15) is 0 Å². The van der Waals surface area contributed by atoms with E-state index in [1.54, 1.807) is 0 Å². The van der Waals surface area contributed by atoms with E-state index >= 15 is 0 Å². The molecule has 0 amide bonds. The largest absolute Gasteiger partial charge is 0.330 e. The summed E-state index contributed by atoms with van der Waals surface area (Å²) in [6.45, 7) is 11.3. The van der Waals surface area contributed by atoms with E-state index in [2.05, 4.69) is 19.2 Å². The van der Waals surface area contributed by atoms with Gasteiger partial charge in [0, 0.05) is 13.0 Å². The summed E-state index contributed by atoms with van der Waals surface area (Å²) >= 11 is 0. The lowest BCUT2D eigenvalue weighted by molar-refractivity contribution is -0.124. The summed E-state index contributed by atoms with van der Waals surface area (Å²) in [6, 6.07) is 0. The van der Waals surface area contributed by atoms with Gasteiger partial charge in [-0.25, -0.2) is 0 Å². The number of Topliss-reactive ketones (excluding diaryl/α,β-unsaturated/α-hetero) is 1. The van der Waals surface area contributed by atoms with Crippen LogP contribution in [0.2, 0.25) is 0 Å². The van der Waals surface area contributed by atoms with Gasteiger partial charge in [0.05, 0.1) is 5.54 Å². The van der Waals surface area contributed by atoms with E-state index in [9.17, 15) is 4.79 Å². The third kappa shape index (κ3) is 4.20. The van der Waals surface area contributed by atoms with Gasteiger partial charge in [-0.2, -0.15) is 0 Å². The molecule has 3 nitrogen and oxygen atoms in total. The van der Waals surface area contributed by atoms with Gasteiger partial charge in [0.2, 0.25) is 0 Å². The zero-order valence-corrected chi connectivity index (χ0v) is 10.1. The smallest absolute Gasteiger partial charge is 0.152 e. The molecule has 0 rings (SSSR count). The van der Waals surface area contributed by atoms with Gasteiger partial charge in [0.15, 0.2) is 5.78 Å². The third-order valence-electron chi connectivity index (χ3n) is 2.58. The fourth-order valence-corrected chi connectivity index (χ4v) is 1.07. The molecule has 0 aliphatic rings. The van der Waals surface area contributed by atoms with Crippen LogP contribution in [0.3, 0.4) is 0 Å². The second-order valence-electron chi connectivity index (χ2n) is 5.12. The van der Waals surface area contributed by atoms with Gasteiger partial charge in [-0.1, -0.05) is 20.8 Å². The van der Waals surface area contributed by atoms with Crippen molar-refractivity contribution < 1.29 is 4.79 Å². The highest BCUT2D eigenvalue weighted by molar-refractivity contribution is 5.87. The zero-order valence-electron chi connectivity index (χ0n) is 10.1. The molecule has 3 heteroatoms. The van der Waals surface area contributed by atoms with E-state index in [0.717, 1.165) is 6.54 Å². The maximum atomic E-state index is 11.5. The molecular weight excluding hydrogens is 176 g/mol. The second kappa shape index (κ2) is 4.89. The van der Waals surface area contributed by atoms with Crippen LogP contribution in [0.15, 0.2) is 0 Å². The SMILES string of the molecule is CCC(=O)C(C)(C)NCC(C)(C)CN. The van der Waals surface area contributed by atoms with Crippen molar-refractivity contribution in [2.45, 2.75) is 46.6 Å². The summed E-state index contributed by atoms with van der Waals surface area (Å²) in [5, 5.41) is 3.27. The molecule has 0 fully saturated rings. The average Bonchev–Trinajstić information content (AvgIpc) is 2.14. The first-order valence-corrected chi connectivity index (χ1v) is 5.23. The van der Waals surface area contributed by atoms with Crippen molar-refractivity contribution in [1.82, 2.24) is 5.32 Å². The van der Waals surface area contributed by atoms with Gasteiger partial charge in [-0.15, -0.1) is 0 Å². The van der Waals surface area contributed by atoms with Crippen LogP contribution >= 0.6 is 0 Å². The molecule has 0 radical (unpaired) electrons. The first-order valence-electron chi connectivity index (χ1n) is 5.23. The average molecular weight is 200 g/mol. The minimum atomic E-state index is -0.429. The maximum absolute atomic E-state index is 11.5. The van der Waals surface area contributed by atoms with E-state index in [4.69, 9.17) is 5.73 Å². The maximum Gasteiger partial charge on any atom is 0.152 e. The second-order valence-corrected chi connectivity index (χ2v) is 5.12. The van der Waals surface area contributed by atoms with Gasteiger partial charge >= 0.3 is 0 Å². The van der Waals surface area contributed by atoms with Crippen LogP contribution in [-0.4, -0.2) is 24.4 Å². The van der Waals surface area contributed by atoms with Crippen LogP contribution in [-0.2, 0) is 4.79 Å². The Morgan fingerprint density at radius 1 is 1.29 bits per heavy atom. The molecular formula is C11H24N2O. The lowest BCUT2D eigenvalue weighted by Crippen LogP contribution is -2.51. The number of nitrogens with two attached hydrogens (primary N) is 1. The summed E-state index contributed by atoms with van der Waals surface area (Å²) in [4.78, 5) is 11.5. The number of hydrogen-bond donors (Lipinski definition) is 2. The van der Waals surface area contributed by atoms with Crippen molar-refractivity contribution in [3.05, 3.63) is 0 Å². The number of hydrogen-bond acceptors (Lipinski definition) is 3. The van der Waals surface area contributed by atoms with E-state index in [1.807, 2.05) is 20.8 Å².